The van der Waals surface area contributed by atoms with E-state index in [2.05, 4.69) is 15.3 Å². The first kappa shape index (κ1) is 13.9. The third-order valence-corrected chi connectivity index (χ3v) is 3.65. The van der Waals surface area contributed by atoms with Crippen LogP contribution >= 0.6 is 0 Å². The van der Waals surface area contributed by atoms with Crippen LogP contribution in [0.25, 0.3) is 0 Å². The van der Waals surface area contributed by atoms with Gasteiger partial charge in [-0.1, -0.05) is 25.7 Å². The molecule has 1 aromatic heterocycles. The number of hydrogen-bond acceptors (Lipinski definition) is 4. The summed E-state index contributed by atoms with van der Waals surface area (Å²) in [7, 11) is 0. The number of aromatic nitrogens is 2. The molecule has 0 saturated heterocycles. The molecule has 1 fully saturated rings. The summed E-state index contributed by atoms with van der Waals surface area (Å²) in [6.07, 6.45) is 7.29. The van der Waals surface area contributed by atoms with Crippen LogP contribution in [0.15, 0.2) is 12.4 Å². The van der Waals surface area contributed by atoms with Gasteiger partial charge in [-0.25, -0.2) is 9.97 Å². The predicted octanol–water partition coefficient (Wildman–Crippen LogP) is 1.60. The fourth-order valence-electron chi connectivity index (χ4n) is 2.48. The standard InChI is InChI=1S/C14H21N3O2/c1-11-8-12(17-10-16-11)13(18)15-9-14(19)6-4-2-3-5-7-14/h8,10,19H,2-7,9H2,1H3,(H,15,18). The lowest BCUT2D eigenvalue weighted by Crippen LogP contribution is -2.42. The average Bonchev–Trinajstić information content (AvgIpc) is 2.61. The van der Waals surface area contributed by atoms with Crippen molar-refractivity contribution in [2.75, 3.05) is 6.54 Å². The summed E-state index contributed by atoms with van der Waals surface area (Å²) < 4.78 is 0. The molecule has 1 aliphatic rings. The molecule has 1 amide bonds. The number of amides is 1. The molecular formula is C14H21N3O2. The zero-order valence-electron chi connectivity index (χ0n) is 11.4. The van der Waals surface area contributed by atoms with Crippen molar-refractivity contribution in [1.29, 1.82) is 0 Å². The van der Waals surface area contributed by atoms with Gasteiger partial charge in [0.15, 0.2) is 0 Å². The monoisotopic (exact) mass is 263 g/mol. The van der Waals surface area contributed by atoms with Crippen molar-refractivity contribution in [3.8, 4) is 0 Å². The highest BCUT2D eigenvalue weighted by Crippen LogP contribution is 2.26. The molecule has 1 aromatic rings. The van der Waals surface area contributed by atoms with E-state index in [-0.39, 0.29) is 5.91 Å². The Morgan fingerprint density at radius 3 is 2.63 bits per heavy atom. The Labute approximate surface area is 113 Å². The Hall–Kier alpha value is -1.49. The molecule has 0 atom stereocenters. The second-order valence-corrected chi connectivity index (χ2v) is 5.37. The molecule has 5 heteroatoms. The Balaban J connectivity index is 1.92. The summed E-state index contributed by atoms with van der Waals surface area (Å²) >= 11 is 0. The fraction of sp³-hybridized carbons (Fsp3) is 0.643. The van der Waals surface area contributed by atoms with Crippen LogP contribution in [0.2, 0.25) is 0 Å². The summed E-state index contributed by atoms with van der Waals surface area (Å²) in [5.41, 5.74) is 0.354. The molecular weight excluding hydrogens is 242 g/mol. The van der Waals surface area contributed by atoms with Gasteiger partial charge >= 0.3 is 0 Å². The van der Waals surface area contributed by atoms with Crippen LogP contribution in [0.1, 0.15) is 54.7 Å². The van der Waals surface area contributed by atoms with E-state index in [0.29, 0.717) is 12.2 Å². The van der Waals surface area contributed by atoms with Crippen molar-refractivity contribution < 1.29 is 9.90 Å². The number of carbonyl (C=O) groups is 1. The Morgan fingerprint density at radius 2 is 2.00 bits per heavy atom. The molecule has 0 radical (unpaired) electrons. The van der Waals surface area contributed by atoms with Gasteiger partial charge < -0.3 is 10.4 Å². The third-order valence-electron chi connectivity index (χ3n) is 3.65. The highest BCUT2D eigenvalue weighted by Gasteiger charge is 2.28. The molecule has 1 aliphatic carbocycles. The average molecular weight is 263 g/mol. The molecule has 2 N–H and O–H groups in total. The third kappa shape index (κ3) is 3.99. The van der Waals surface area contributed by atoms with Gasteiger partial charge in [0.1, 0.15) is 12.0 Å². The van der Waals surface area contributed by atoms with Gasteiger partial charge in [0.05, 0.1) is 5.60 Å². The number of carbonyl (C=O) groups excluding carboxylic acids is 1. The topological polar surface area (TPSA) is 75.1 Å². The van der Waals surface area contributed by atoms with Crippen LogP contribution in [-0.4, -0.2) is 33.1 Å². The van der Waals surface area contributed by atoms with E-state index < -0.39 is 5.60 Å². The number of nitrogens with zero attached hydrogens (tertiary/aromatic N) is 2. The summed E-state index contributed by atoms with van der Waals surface area (Å²) in [5, 5.41) is 13.2. The van der Waals surface area contributed by atoms with Gasteiger partial charge in [-0.05, 0) is 25.8 Å². The van der Waals surface area contributed by atoms with Crippen LogP contribution in [-0.2, 0) is 0 Å². The van der Waals surface area contributed by atoms with Gasteiger partial charge in [0.25, 0.3) is 5.91 Å². The van der Waals surface area contributed by atoms with E-state index in [4.69, 9.17) is 0 Å². The molecule has 0 spiro atoms. The Bertz CT molecular complexity index is 440. The molecule has 0 aromatic carbocycles. The van der Waals surface area contributed by atoms with Crippen LogP contribution in [0.4, 0.5) is 0 Å². The van der Waals surface area contributed by atoms with Crippen molar-refractivity contribution in [3.63, 3.8) is 0 Å². The van der Waals surface area contributed by atoms with Gasteiger partial charge in [-0.2, -0.15) is 0 Å². The summed E-state index contributed by atoms with van der Waals surface area (Å²) in [4.78, 5) is 19.9. The molecule has 5 nitrogen and oxygen atoms in total. The van der Waals surface area contributed by atoms with Gasteiger partial charge in [0, 0.05) is 12.2 Å². The van der Waals surface area contributed by atoms with Crippen LogP contribution < -0.4 is 5.32 Å². The lowest BCUT2D eigenvalue weighted by atomic mass is 9.94. The first-order chi connectivity index (χ1) is 9.09. The number of rotatable bonds is 3. The fourth-order valence-corrected chi connectivity index (χ4v) is 2.48. The van der Waals surface area contributed by atoms with Crippen molar-refractivity contribution in [1.82, 2.24) is 15.3 Å². The highest BCUT2D eigenvalue weighted by atomic mass is 16.3. The molecule has 2 rings (SSSR count). The maximum atomic E-state index is 12.0. The number of aliphatic hydroxyl groups is 1. The summed E-state index contributed by atoms with van der Waals surface area (Å²) in [6.45, 7) is 2.12. The van der Waals surface area contributed by atoms with Gasteiger partial charge in [-0.3, -0.25) is 4.79 Å². The van der Waals surface area contributed by atoms with Gasteiger partial charge in [0.2, 0.25) is 0 Å². The Morgan fingerprint density at radius 1 is 1.32 bits per heavy atom. The lowest BCUT2D eigenvalue weighted by Gasteiger charge is -2.26. The van der Waals surface area contributed by atoms with Crippen LogP contribution in [0, 0.1) is 6.92 Å². The van der Waals surface area contributed by atoms with Crippen LogP contribution in [0.3, 0.4) is 0 Å². The van der Waals surface area contributed by atoms with E-state index in [1.165, 1.54) is 19.2 Å². The van der Waals surface area contributed by atoms with Crippen molar-refractivity contribution in [2.45, 2.75) is 51.0 Å². The predicted molar refractivity (Wildman–Crippen MR) is 71.8 cm³/mol. The number of hydrogen-bond donors (Lipinski definition) is 2. The van der Waals surface area contributed by atoms with Crippen molar-refractivity contribution >= 4 is 5.91 Å². The zero-order chi connectivity index (χ0) is 13.7. The molecule has 1 saturated carbocycles. The van der Waals surface area contributed by atoms with E-state index in [9.17, 15) is 9.90 Å². The van der Waals surface area contributed by atoms with E-state index in [1.54, 1.807) is 6.07 Å². The highest BCUT2D eigenvalue weighted by molar-refractivity contribution is 5.92. The normalized spacial score (nSPS) is 18.6. The maximum absolute atomic E-state index is 12.0. The van der Waals surface area contributed by atoms with Crippen molar-refractivity contribution in [2.24, 2.45) is 0 Å². The SMILES string of the molecule is Cc1cc(C(=O)NCC2(O)CCCCCC2)ncn1. The van der Waals surface area contributed by atoms with Crippen LogP contribution in [0.5, 0.6) is 0 Å². The largest absolute Gasteiger partial charge is 0.388 e. The summed E-state index contributed by atoms with van der Waals surface area (Å²) in [6, 6.07) is 1.65. The lowest BCUT2D eigenvalue weighted by molar-refractivity contribution is 0.0246. The second kappa shape index (κ2) is 6.10. The minimum atomic E-state index is -0.756. The summed E-state index contributed by atoms with van der Waals surface area (Å²) in [5.74, 6) is -0.247. The van der Waals surface area contributed by atoms with E-state index in [1.807, 2.05) is 6.92 Å². The van der Waals surface area contributed by atoms with E-state index >= 15 is 0 Å². The molecule has 104 valence electrons. The number of aryl methyl sites for hydroxylation is 1. The van der Waals surface area contributed by atoms with Gasteiger partial charge in [-0.15, -0.1) is 0 Å². The van der Waals surface area contributed by atoms with E-state index in [0.717, 1.165) is 31.4 Å². The smallest absolute Gasteiger partial charge is 0.270 e. The minimum Gasteiger partial charge on any atom is -0.388 e. The first-order valence-electron chi connectivity index (χ1n) is 6.88. The maximum Gasteiger partial charge on any atom is 0.270 e. The molecule has 0 unspecified atom stereocenters. The number of nitrogens with one attached hydrogen (secondary N) is 1. The molecule has 19 heavy (non-hydrogen) atoms. The molecule has 0 aliphatic heterocycles. The minimum absolute atomic E-state index is 0.247. The van der Waals surface area contributed by atoms with Crippen molar-refractivity contribution in [3.05, 3.63) is 23.8 Å². The first-order valence-corrected chi connectivity index (χ1v) is 6.88. The molecule has 0 bridgehead atoms. The quantitative estimate of drug-likeness (QED) is 0.812. The zero-order valence-corrected chi connectivity index (χ0v) is 11.4. The second-order valence-electron chi connectivity index (χ2n) is 5.37. The molecule has 1 heterocycles. The Kier molecular flexibility index (Phi) is 4.47.